The van der Waals surface area contributed by atoms with Crippen LogP contribution in [0, 0.1) is 11.8 Å². The molecule has 1 unspecified atom stereocenters. The van der Waals surface area contributed by atoms with Crippen molar-refractivity contribution in [2.75, 3.05) is 18.4 Å². The van der Waals surface area contributed by atoms with Crippen LogP contribution in [0.5, 0.6) is 0 Å². The second-order valence-electron chi connectivity index (χ2n) is 4.97. The van der Waals surface area contributed by atoms with Crippen LogP contribution in [0.15, 0.2) is 12.1 Å². The Bertz CT molecular complexity index is 565. The van der Waals surface area contributed by atoms with Crippen LogP contribution < -0.4 is 5.32 Å². The molecule has 2 rings (SSSR count). The fourth-order valence-corrected chi connectivity index (χ4v) is 2.96. The second-order valence-corrected chi connectivity index (χ2v) is 6.22. The third kappa shape index (κ3) is 3.54. The largest absolute Gasteiger partial charge is 0.481 e. The lowest BCUT2D eigenvalue weighted by atomic mass is 9.87. The molecule has 1 aliphatic heterocycles. The van der Waals surface area contributed by atoms with E-state index in [0.717, 1.165) is 0 Å². The molecule has 2 amide bonds. The van der Waals surface area contributed by atoms with Gasteiger partial charge in [0.15, 0.2) is 0 Å². The third-order valence-electron chi connectivity index (χ3n) is 3.53. The number of urea groups is 1. The lowest BCUT2D eigenvalue weighted by molar-refractivity contribution is -0.144. The molecule has 21 heavy (non-hydrogen) atoms. The molecule has 0 saturated carbocycles. The summed E-state index contributed by atoms with van der Waals surface area (Å²) in [5.41, 5.74) is 0.294. The van der Waals surface area contributed by atoms with Crippen LogP contribution in [0.1, 0.15) is 6.92 Å². The first-order valence-corrected chi connectivity index (χ1v) is 7.36. The van der Waals surface area contributed by atoms with Crippen molar-refractivity contribution in [1.82, 2.24) is 4.90 Å². The maximum absolute atomic E-state index is 12.0. The van der Waals surface area contributed by atoms with Crippen LogP contribution in [0.2, 0.25) is 15.1 Å². The molecule has 1 aromatic carbocycles. The first-order valence-electron chi connectivity index (χ1n) is 6.23. The fraction of sp³-hybridized carbons (Fsp3) is 0.385. The summed E-state index contributed by atoms with van der Waals surface area (Å²) in [5.74, 6) is -1.37. The molecule has 0 spiro atoms. The number of nitrogens with one attached hydrogen (secondary N) is 1. The number of benzene rings is 1. The molecule has 8 heteroatoms. The highest BCUT2D eigenvalue weighted by Gasteiger charge is 2.37. The van der Waals surface area contributed by atoms with E-state index in [1.807, 2.05) is 0 Å². The molecule has 1 heterocycles. The van der Waals surface area contributed by atoms with Crippen molar-refractivity contribution in [1.29, 1.82) is 0 Å². The summed E-state index contributed by atoms with van der Waals surface area (Å²) in [6, 6.07) is 2.60. The average Bonchev–Trinajstić information content (AvgIpc) is 2.31. The summed E-state index contributed by atoms with van der Waals surface area (Å²) in [6.45, 7) is 2.42. The minimum Gasteiger partial charge on any atom is -0.481 e. The van der Waals surface area contributed by atoms with E-state index in [4.69, 9.17) is 39.9 Å². The number of aliphatic carboxylic acids is 1. The summed E-state index contributed by atoms with van der Waals surface area (Å²) in [7, 11) is 0. The van der Waals surface area contributed by atoms with Crippen molar-refractivity contribution >= 4 is 52.5 Å². The van der Waals surface area contributed by atoms with Gasteiger partial charge in [-0.15, -0.1) is 0 Å². The van der Waals surface area contributed by atoms with E-state index >= 15 is 0 Å². The molecule has 0 aliphatic carbocycles. The van der Waals surface area contributed by atoms with Gasteiger partial charge in [-0.2, -0.15) is 0 Å². The number of hydrogen-bond donors (Lipinski definition) is 2. The highest BCUT2D eigenvalue weighted by molar-refractivity contribution is 6.42. The van der Waals surface area contributed by atoms with Gasteiger partial charge in [0, 0.05) is 24.0 Å². The summed E-state index contributed by atoms with van der Waals surface area (Å²) < 4.78 is 0. The summed E-state index contributed by atoms with van der Waals surface area (Å²) in [4.78, 5) is 24.4. The number of anilines is 1. The molecule has 1 fully saturated rings. The van der Waals surface area contributed by atoms with E-state index in [0.29, 0.717) is 23.8 Å². The number of nitrogens with zero attached hydrogens (tertiary/aromatic N) is 1. The molecule has 0 aromatic heterocycles. The number of amides is 2. The van der Waals surface area contributed by atoms with Gasteiger partial charge in [0.1, 0.15) is 0 Å². The van der Waals surface area contributed by atoms with E-state index in [2.05, 4.69) is 5.32 Å². The number of carboxylic acids is 1. The number of carboxylic acid groups (broad SMARTS) is 1. The highest BCUT2D eigenvalue weighted by atomic mass is 35.5. The van der Waals surface area contributed by atoms with Crippen molar-refractivity contribution < 1.29 is 14.7 Å². The van der Waals surface area contributed by atoms with Crippen LogP contribution >= 0.6 is 34.8 Å². The smallest absolute Gasteiger partial charge is 0.321 e. The second kappa shape index (κ2) is 6.30. The molecular formula is C13H13Cl3N2O3. The number of carbonyl (C=O) groups excluding carboxylic acids is 1. The van der Waals surface area contributed by atoms with Crippen molar-refractivity contribution in [3.05, 3.63) is 27.2 Å². The van der Waals surface area contributed by atoms with Crippen LogP contribution in [0.3, 0.4) is 0 Å². The van der Waals surface area contributed by atoms with E-state index in [1.54, 1.807) is 6.92 Å². The Kier molecular flexibility index (Phi) is 4.86. The quantitative estimate of drug-likeness (QED) is 0.869. The third-order valence-corrected chi connectivity index (χ3v) is 4.35. The molecule has 5 nitrogen and oxygen atoms in total. The van der Waals surface area contributed by atoms with Crippen molar-refractivity contribution in [3.63, 3.8) is 0 Å². The predicted octanol–water partition coefficient (Wildman–Crippen LogP) is 3.83. The van der Waals surface area contributed by atoms with Gasteiger partial charge in [-0.3, -0.25) is 4.79 Å². The fourth-order valence-electron chi connectivity index (χ4n) is 2.04. The van der Waals surface area contributed by atoms with Crippen LogP contribution in [-0.2, 0) is 4.79 Å². The Morgan fingerprint density at radius 3 is 2.29 bits per heavy atom. The first-order chi connectivity index (χ1) is 9.79. The molecule has 1 atom stereocenters. The van der Waals surface area contributed by atoms with Crippen LogP contribution in [0.25, 0.3) is 0 Å². The maximum Gasteiger partial charge on any atom is 0.321 e. The van der Waals surface area contributed by atoms with Gasteiger partial charge in [0.25, 0.3) is 0 Å². The monoisotopic (exact) mass is 350 g/mol. The Morgan fingerprint density at radius 2 is 1.81 bits per heavy atom. The number of halogens is 3. The van der Waals surface area contributed by atoms with Crippen molar-refractivity contribution in [3.8, 4) is 0 Å². The van der Waals surface area contributed by atoms with Gasteiger partial charge in [-0.1, -0.05) is 41.7 Å². The van der Waals surface area contributed by atoms with E-state index in [-0.39, 0.29) is 22.0 Å². The molecule has 0 bridgehead atoms. The number of hydrogen-bond acceptors (Lipinski definition) is 2. The normalized spacial score (nSPS) is 16.3. The zero-order valence-electron chi connectivity index (χ0n) is 11.1. The molecule has 114 valence electrons. The van der Waals surface area contributed by atoms with Gasteiger partial charge < -0.3 is 15.3 Å². The SMILES string of the molecule is CC(C(=O)O)C1CN(C(=O)Nc2c(Cl)cc(Cl)cc2Cl)C1. The lowest BCUT2D eigenvalue weighted by Gasteiger charge is -2.41. The van der Waals surface area contributed by atoms with E-state index in [9.17, 15) is 9.59 Å². The lowest BCUT2D eigenvalue weighted by Crippen LogP contribution is -2.54. The highest BCUT2D eigenvalue weighted by Crippen LogP contribution is 2.34. The Hall–Kier alpha value is -1.17. The standard InChI is InChI=1S/C13H13Cl3N2O3/c1-6(12(19)20)7-4-18(5-7)13(21)17-11-9(15)2-8(14)3-10(11)16/h2-3,6-7H,4-5H2,1H3,(H,17,21)(H,19,20). The first kappa shape index (κ1) is 16.2. The number of likely N-dealkylation sites (tertiary alicyclic amines) is 1. The molecule has 1 saturated heterocycles. The number of rotatable bonds is 3. The predicted molar refractivity (Wildman–Crippen MR) is 82.4 cm³/mol. The van der Waals surface area contributed by atoms with Gasteiger partial charge in [0.05, 0.1) is 21.7 Å². The van der Waals surface area contributed by atoms with Crippen molar-refractivity contribution in [2.45, 2.75) is 6.92 Å². The van der Waals surface area contributed by atoms with Crippen molar-refractivity contribution in [2.24, 2.45) is 11.8 Å². The van der Waals surface area contributed by atoms with Gasteiger partial charge in [-0.25, -0.2) is 4.79 Å². The zero-order chi connectivity index (χ0) is 15.7. The van der Waals surface area contributed by atoms with Gasteiger partial charge in [0.2, 0.25) is 0 Å². The Balaban J connectivity index is 1.97. The van der Waals surface area contributed by atoms with Crippen LogP contribution in [0.4, 0.5) is 10.5 Å². The van der Waals surface area contributed by atoms with Gasteiger partial charge >= 0.3 is 12.0 Å². The maximum atomic E-state index is 12.0. The Morgan fingerprint density at radius 1 is 1.29 bits per heavy atom. The zero-order valence-corrected chi connectivity index (χ0v) is 13.3. The number of carbonyl (C=O) groups is 2. The van der Waals surface area contributed by atoms with E-state index in [1.165, 1.54) is 17.0 Å². The molecule has 1 aromatic rings. The van der Waals surface area contributed by atoms with Gasteiger partial charge in [-0.05, 0) is 12.1 Å². The topological polar surface area (TPSA) is 69.6 Å². The molecule has 2 N–H and O–H groups in total. The molecular weight excluding hydrogens is 339 g/mol. The Labute approximate surface area is 136 Å². The summed E-state index contributed by atoms with van der Waals surface area (Å²) >= 11 is 17.8. The minimum absolute atomic E-state index is 0.0376. The average molecular weight is 352 g/mol. The molecule has 0 radical (unpaired) electrons. The molecule has 1 aliphatic rings. The summed E-state index contributed by atoms with van der Waals surface area (Å²) in [5, 5.41) is 12.4. The van der Waals surface area contributed by atoms with E-state index < -0.39 is 11.9 Å². The van der Waals surface area contributed by atoms with Crippen LogP contribution in [-0.4, -0.2) is 35.1 Å². The minimum atomic E-state index is -0.858. The summed E-state index contributed by atoms with van der Waals surface area (Å²) in [6.07, 6.45) is 0.